The molecule has 5 aliphatic rings. The highest BCUT2D eigenvalue weighted by Gasteiger charge is 2.56. The molecule has 0 spiro atoms. The molecule has 4 saturated carbocycles. The first-order valence-corrected chi connectivity index (χ1v) is 10.9. The SMILES string of the molecule is O=C(NCc1ccccc1F)C1CCCN1C(=O)C12CC3CC(CC(C3)C1)C2. The molecule has 1 aliphatic heterocycles. The van der Waals surface area contributed by atoms with Gasteiger partial charge in [0.25, 0.3) is 0 Å². The van der Waals surface area contributed by atoms with E-state index in [1.165, 1.54) is 25.3 Å². The third-order valence-corrected chi connectivity index (χ3v) is 7.72. The first kappa shape index (κ1) is 18.1. The summed E-state index contributed by atoms with van der Waals surface area (Å²) in [5.74, 6) is 1.92. The van der Waals surface area contributed by atoms with Crippen LogP contribution in [0.2, 0.25) is 0 Å². The zero-order chi connectivity index (χ0) is 19.3. The van der Waals surface area contributed by atoms with E-state index >= 15 is 0 Å². The smallest absolute Gasteiger partial charge is 0.243 e. The normalized spacial score (nSPS) is 36.0. The molecule has 4 nitrogen and oxygen atoms in total. The van der Waals surface area contributed by atoms with E-state index in [0.29, 0.717) is 36.3 Å². The number of carbonyl (C=O) groups excluding carboxylic acids is 2. The van der Waals surface area contributed by atoms with Gasteiger partial charge in [0.05, 0.1) is 5.41 Å². The van der Waals surface area contributed by atoms with Gasteiger partial charge in [-0.05, 0) is 75.2 Å². The summed E-state index contributed by atoms with van der Waals surface area (Å²) in [7, 11) is 0. The average molecular weight is 384 g/mol. The quantitative estimate of drug-likeness (QED) is 0.861. The van der Waals surface area contributed by atoms with E-state index < -0.39 is 6.04 Å². The van der Waals surface area contributed by atoms with E-state index in [2.05, 4.69) is 5.32 Å². The minimum atomic E-state index is -0.396. The molecule has 4 aliphatic carbocycles. The van der Waals surface area contributed by atoms with Crippen molar-refractivity contribution in [1.29, 1.82) is 0 Å². The van der Waals surface area contributed by atoms with Crippen LogP contribution >= 0.6 is 0 Å². The summed E-state index contributed by atoms with van der Waals surface area (Å²) < 4.78 is 13.8. The Kier molecular flexibility index (Phi) is 4.44. The molecule has 1 N–H and O–H groups in total. The fourth-order valence-electron chi connectivity index (χ4n) is 6.90. The highest BCUT2D eigenvalue weighted by Crippen LogP contribution is 2.60. The number of nitrogens with one attached hydrogen (secondary N) is 1. The average Bonchev–Trinajstić information content (AvgIpc) is 3.15. The number of halogens is 1. The van der Waals surface area contributed by atoms with Gasteiger partial charge in [0.1, 0.15) is 11.9 Å². The molecule has 28 heavy (non-hydrogen) atoms. The predicted molar refractivity (Wildman–Crippen MR) is 104 cm³/mol. The molecule has 1 atom stereocenters. The van der Waals surface area contributed by atoms with Gasteiger partial charge < -0.3 is 10.2 Å². The second kappa shape index (κ2) is 6.85. The van der Waals surface area contributed by atoms with Crippen molar-refractivity contribution in [3.63, 3.8) is 0 Å². The van der Waals surface area contributed by atoms with Crippen molar-refractivity contribution in [2.45, 2.75) is 64.0 Å². The highest BCUT2D eigenvalue weighted by molar-refractivity contribution is 5.91. The van der Waals surface area contributed by atoms with E-state index in [9.17, 15) is 14.0 Å². The van der Waals surface area contributed by atoms with Gasteiger partial charge in [0.15, 0.2) is 0 Å². The van der Waals surface area contributed by atoms with Crippen LogP contribution < -0.4 is 5.32 Å². The molecule has 1 aromatic carbocycles. The van der Waals surface area contributed by atoms with Crippen molar-refractivity contribution < 1.29 is 14.0 Å². The van der Waals surface area contributed by atoms with E-state index in [1.807, 2.05) is 4.90 Å². The first-order chi connectivity index (χ1) is 13.5. The fraction of sp³-hybridized carbons (Fsp3) is 0.652. The Morgan fingerprint density at radius 2 is 1.71 bits per heavy atom. The molecule has 1 unspecified atom stereocenters. The number of carbonyl (C=O) groups is 2. The van der Waals surface area contributed by atoms with Crippen molar-refractivity contribution in [2.75, 3.05) is 6.54 Å². The zero-order valence-corrected chi connectivity index (χ0v) is 16.3. The molecular formula is C23H29FN2O2. The van der Waals surface area contributed by atoms with Crippen LogP contribution in [0.5, 0.6) is 0 Å². The third-order valence-electron chi connectivity index (χ3n) is 7.72. The molecule has 2 amide bonds. The molecule has 1 heterocycles. The largest absolute Gasteiger partial charge is 0.350 e. The number of hydrogen-bond acceptors (Lipinski definition) is 2. The number of nitrogens with zero attached hydrogens (tertiary/aromatic N) is 1. The molecule has 0 radical (unpaired) electrons. The van der Waals surface area contributed by atoms with Crippen molar-refractivity contribution in [3.8, 4) is 0 Å². The second-order valence-corrected chi connectivity index (χ2v) is 9.66. The van der Waals surface area contributed by atoms with Gasteiger partial charge in [-0.25, -0.2) is 4.39 Å². The maximum Gasteiger partial charge on any atom is 0.243 e. The van der Waals surface area contributed by atoms with Gasteiger partial charge in [-0.1, -0.05) is 18.2 Å². The van der Waals surface area contributed by atoms with E-state index in [-0.39, 0.29) is 29.6 Å². The lowest BCUT2D eigenvalue weighted by Gasteiger charge is -2.56. The minimum absolute atomic E-state index is 0.140. The minimum Gasteiger partial charge on any atom is -0.350 e. The van der Waals surface area contributed by atoms with E-state index in [1.54, 1.807) is 18.2 Å². The van der Waals surface area contributed by atoms with Crippen molar-refractivity contribution in [2.24, 2.45) is 23.2 Å². The Morgan fingerprint density at radius 3 is 2.36 bits per heavy atom. The fourth-order valence-corrected chi connectivity index (χ4v) is 6.90. The van der Waals surface area contributed by atoms with E-state index in [0.717, 1.165) is 25.7 Å². The van der Waals surface area contributed by atoms with Crippen LogP contribution in [0, 0.1) is 29.0 Å². The summed E-state index contributed by atoms with van der Waals surface area (Å²) in [5.41, 5.74) is 0.274. The maximum atomic E-state index is 13.8. The van der Waals surface area contributed by atoms with Crippen LogP contribution in [-0.4, -0.2) is 29.3 Å². The second-order valence-electron chi connectivity index (χ2n) is 9.66. The molecule has 1 saturated heterocycles. The standard InChI is InChI=1S/C23H29FN2O2/c24-19-5-2-1-4-18(19)14-25-21(27)20-6-3-7-26(20)22(28)23-11-15-8-16(12-23)10-17(9-15)13-23/h1-2,4-5,15-17,20H,3,6-14H2,(H,25,27). The Balaban J connectivity index is 1.28. The molecule has 5 fully saturated rings. The Bertz CT molecular complexity index is 757. The maximum absolute atomic E-state index is 13.8. The van der Waals surface area contributed by atoms with Crippen LogP contribution in [-0.2, 0) is 16.1 Å². The van der Waals surface area contributed by atoms with Crippen LogP contribution in [0.4, 0.5) is 4.39 Å². The van der Waals surface area contributed by atoms with Crippen LogP contribution in [0.15, 0.2) is 24.3 Å². The highest BCUT2D eigenvalue weighted by atomic mass is 19.1. The lowest BCUT2D eigenvalue weighted by Crippen LogP contribution is -2.57. The van der Waals surface area contributed by atoms with Gasteiger partial charge >= 0.3 is 0 Å². The monoisotopic (exact) mass is 384 g/mol. The summed E-state index contributed by atoms with van der Waals surface area (Å²) >= 11 is 0. The third kappa shape index (κ3) is 3.03. The molecule has 0 aromatic heterocycles. The number of benzene rings is 1. The summed E-state index contributed by atoms with van der Waals surface area (Å²) in [6, 6.07) is 6.10. The van der Waals surface area contributed by atoms with Crippen molar-refractivity contribution >= 4 is 11.8 Å². The lowest BCUT2D eigenvalue weighted by atomic mass is 9.49. The first-order valence-electron chi connectivity index (χ1n) is 10.9. The van der Waals surface area contributed by atoms with Gasteiger partial charge in [0.2, 0.25) is 11.8 Å². The van der Waals surface area contributed by atoms with Gasteiger partial charge in [0, 0.05) is 18.7 Å². The zero-order valence-electron chi connectivity index (χ0n) is 16.3. The summed E-state index contributed by atoms with van der Waals surface area (Å²) in [6.07, 6.45) is 8.57. The number of likely N-dealkylation sites (tertiary alicyclic amines) is 1. The Morgan fingerprint density at radius 1 is 1.07 bits per heavy atom. The van der Waals surface area contributed by atoms with Crippen molar-refractivity contribution in [1.82, 2.24) is 10.2 Å². The van der Waals surface area contributed by atoms with Gasteiger partial charge in [-0.2, -0.15) is 0 Å². The topological polar surface area (TPSA) is 49.4 Å². The van der Waals surface area contributed by atoms with Crippen molar-refractivity contribution in [3.05, 3.63) is 35.6 Å². The Hall–Kier alpha value is -1.91. The summed E-state index contributed by atoms with van der Waals surface area (Å²) in [6.45, 7) is 0.847. The molecular weight excluding hydrogens is 355 g/mol. The van der Waals surface area contributed by atoms with Gasteiger partial charge in [-0.3, -0.25) is 9.59 Å². The van der Waals surface area contributed by atoms with E-state index in [4.69, 9.17) is 0 Å². The number of rotatable bonds is 4. The molecule has 6 rings (SSSR count). The number of amides is 2. The van der Waals surface area contributed by atoms with Crippen LogP contribution in [0.1, 0.15) is 56.9 Å². The van der Waals surface area contributed by atoms with Gasteiger partial charge in [-0.15, -0.1) is 0 Å². The Labute approximate surface area is 165 Å². The molecule has 4 bridgehead atoms. The lowest BCUT2D eigenvalue weighted by molar-refractivity contribution is -0.160. The number of hydrogen-bond donors (Lipinski definition) is 1. The molecule has 150 valence electrons. The molecule has 5 heteroatoms. The van der Waals surface area contributed by atoms with Crippen LogP contribution in [0.25, 0.3) is 0 Å². The van der Waals surface area contributed by atoms with Crippen LogP contribution in [0.3, 0.4) is 0 Å². The predicted octanol–water partition coefficient (Wildman–Crippen LogP) is 3.65. The summed E-state index contributed by atoms with van der Waals surface area (Å²) in [4.78, 5) is 28.3. The molecule has 1 aromatic rings. The summed E-state index contributed by atoms with van der Waals surface area (Å²) in [5, 5.41) is 2.87.